The maximum atomic E-state index is 11.7. The minimum absolute atomic E-state index is 0.148. The Morgan fingerprint density at radius 1 is 1.12 bits per heavy atom. The normalized spacial score (nSPS) is 15.3. The number of hydrogen-bond acceptors (Lipinski definition) is 3. The summed E-state index contributed by atoms with van der Waals surface area (Å²) in [5.74, 6) is 0. The van der Waals surface area contributed by atoms with Crippen LogP contribution in [0.3, 0.4) is 0 Å². The van der Waals surface area contributed by atoms with Crippen LogP contribution in [-0.2, 0) is 11.3 Å². The van der Waals surface area contributed by atoms with Crippen molar-refractivity contribution in [3.05, 3.63) is 35.9 Å². The molecule has 0 heterocycles. The van der Waals surface area contributed by atoms with Crippen molar-refractivity contribution >= 4 is 6.03 Å². The molecular weight excluding hydrogens is 314 g/mol. The van der Waals surface area contributed by atoms with Gasteiger partial charge in [-0.15, -0.1) is 0 Å². The van der Waals surface area contributed by atoms with Gasteiger partial charge in [-0.2, -0.15) is 0 Å². The largest absolute Gasteiger partial charge is 0.378 e. The Morgan fingerprint density at radius 3 is 2.60 bits per heavy atom. The first kappa shape index (κ1) is 19.7. The van der Waals surface area contributed by atoms with E-state index in [0.717, 1.165) is 31.3 Å². The van der Waals surface area contributed by atoms with Crippen molar-refractivity contribution in [3.63, 3.8) is 0 Å². The Kier molecular flexibility index (Phi) is 9.37. The van der Waals surface area contributed by atoms with Gasteiger partial charge in [0.15, 0.2) is 0 Å². The Hall–Kier alpha value is -1.59. The van der Waals surface area contributed by atoms with E-state index >= 15 is 0 Å². The maximum Gasteiger partial charge on any atom is 0.315 e. The van der Waals surface area contributed by atoms with E-state index in [2.05, 4.69) is 22.5 Å². The quantitative estimate of drug-likeness (QED) is 0.639. The average Bonchev–Trinajstić information content (AvgIpc) is 2.67. The predicted molar refractivity (Wildman–Crippen MR) is 102 cm³/mol. The molecule has 1 fully saturated rings. The van der Waals surface area contributed by atoms with Crippen LogP contribution in [-0.4, -0.2) is 49.8 Å². The molecule has 1 aliphatic carbocycles. The second-order valence-electron chi connectivity index (χ2n) is 6.63. The fourth-order valence-electron chi connectivity index (χ4n) is 3.41. The van der Waals surface area contributed by atoms with Crippen LogP contribution in [0.15, 0.2) is 30.3 Å². The van der Waals surface area contributed by atoms with Crippen LogP contribution in [0.25, 0.3) is 0 Å². The summed E-state index contributed by atoms with van der Waals surface area (Å²) < 4.78 is 5.69. The van der Waals surface area contributed by atoms with Gasteiger partial charge in [0.2, 0.25) is 0 Å². The van der Waals surface area contributed by atoms with Crippen LogP contribution in [0.1, 0.15) is 44.6 Å². The first-order valence-electron chi connectivity index (χ1n) is 9.67. The van der Waals surface area contributed by atoms with Crippen LogP contribution in [0.5, 0.6) is 0 Å². The topological polar surface area (TPSA) is 53.6 Å². The van der Waals surface area contributed by atoms with Crippen LogP contribution < -0.4 is 10.6 Å². The molecule has 2 amide bonds. The maximum absolute atomic E-state index is 11.7. The van der Waals surface area contributed by atoms with Crippen molar-refractivity contribution in [1.82, 2.24) is 15.5 Å². The number of ether oxygens (including phenoxy) is 1. The van der Waals surface area contributed by atoms with Crippen molar-refractivity contribution in [3.8, 4) is 0 Å². The van der Waals surface area contributed by atoms with E-state index in [1.807, 2.05) is 30.3 Å². The zero-order valence-corrected chi connectivity index (χ0v) is 15.5. The third-order valence-electron chi connectivity index (χ3n) is 4.85. The molecule has 2 N–H and O–H groups in total. The third-order valence-corrected chi connectivity index (χ3v) is 4.85. The SMILES string of the molecule is CCN(CCOCCNC(=O)NCc1ccccc1)C1CCCCC1. The van der Waals surface area contributed by atoms with Gasteiger partial charge in [0.1, 0.15) is 0 Å². The lowest BCUT2D eigenvalue weighted by Crippen LogP contribution is -2.39. The first-order valence-corrected chi connectivity index (χ1v) is 9.67. The molecule has 140 valence electrons. The molecule has 25 heavy (non-hydrogen) atoms. The molecule has 0 spiro atoms. The minimum atomic E-state index is -0.148. The van der Waals surface area contributed by atoms with Crippen LogP contribution in [0, 0.1) is 0 Å². The molecule has 0 unspecified atom stereocenters. The van der Waals surface area contributed by atoms with E-state index in [-0.39, 0.29) is 6.03 Å². The molecule has 0 aromatic heterocycles. The van der Waals surface area contributed by atoms with Crippen molar-refractivity contribution in [2.24, 2.45) is 0 Å². The van der Waals surface area contributed by atoms with Gasteiger partial charge in [0.25, 0.3) is 0 Å². The number of benzene rings is 1. The first-order chi connectivity index (χ1) is 12.3. The molecule has 0 atom stereocenters. The molecule has 0 bridgehead atoms. The molecule has 1 saturated carbocycles. The molecule has 5 nitrogen and oxygen atoms in total. The second-order valence-corrected chi connectivity index (χ2v) is 6.63. The highest BCUT2D eigenvalue weighted by Gasteiger charge is 2.19. The molecule has 0 radical (unpaired) electrons. The van der Waals surface area contributed by atoms with Gasteiger partial charge in [0, 0.05) is 25.7 Å². The van der Waals surface area contributed by atoms with Gasteiger partial charge < -0.3 is 15.4 Å². The Labute approximate surface area is 152 Å². The molecular formula is C20H33N3O2. The summed E-state index contributed by atoms with van der Waals surface area (Å²) in [6, 6.07) is 10.5. The van der Waals surface area contributed by atoms with Crippen LogP contribution in [0.2, 0.25) is 0 Å². The number of carbonyl (C=O) groups is 1. The van der Waals surface area contributed by atoms with Crippen LogP contribution >= 0.6 is 0 Å². The lowest BCUT2D eigenvalue weighted by atomic mass is 9.94. The van der Waals surface area contributed by atoms with Gasteiger partial charge >= 0.3 is 6.03 Å². The Morgan fingerprint density at radius 2 is 1.88 bits per heavy atom. The summed E-state index contributed by atoms with van der Waals surface area (Å²) in [5, 5.41) is 5.68. The fourth-order valence-corrected chi connectivity index (χ4v) is 3.41. The molecule has 0 saturated heterocycles. The molecule has 1 aromatic rings. The molecule has 5 heteroatoms. The Bertz CT molecular complexity index is 475. The highest BCUT2D eigenvalue weighted by molar-refractivity contribution is 5.73. The van der Waals surface area contributed by atoms with E-state index in [1.165, 1.54) is 32.1 Å². The number of likely N-dealkylation sites (N-methyl/N-ethyl adjacent to an activating group) is 1. The molecule has 0 aliphatic heterocycles. The molecule has 1 aliphatic rings. The highest BCUT2D eigenvalue weighted by atomic mass is 16.5. The van der Waals surface area contributed by atoms with Crippen molar-refractivity contribution in [1.29, 1.82) is 0 Å². The van der Waals surface area contributed by atoms with Gasteiger partial charge in [-0.25, -0.2) is 4.79 Å². The third kappa shape index (κ3) is 7.88. The number of nitrogens with zero attached hydrogens (tertiary/aromatic N) is 1. The van der Waals surface area contributed by atoms with E-state index in [4.69, 9.17) is 4.74 Å². The van der Waals surface area contributed by atoms with Gasteiger partial charge in [-0.3, -0.25) is 4.90 Å². The summed E-state index contributed by atoms with van der Waals surface area (Å²) in [7, 11) is 0. The van der Waals surface area contributed by atoms with Crippen molar-refractivity contribution < 1.29 is 9.53 Å². The summed E-state index contributed by atoms with van der Waals surface area (Å²) in [6.45, 7) is 6.68. The molecule has 1 aromatic carbocycles. The number of carbonyl (C=O) groups excluding carboxylic acids is 1. The lowest BCUT2D eigenvalue weighted by molar-refractivity contribution is 0.0809. The fraction of sp³-hybridized carbons (Fsp3) is 0.650. The Balaban J connectivity index is 1.48. The number of rotatable bonds is 10. The number of amides is 2. The van der Waals surface area contributed by atoms with E-state index in [9.17, 15) is 4.79 Å². The average molecular weight is 348 g/mol. The zero-order chi connectivity index (χ0) is 17.7. The van der Waals surface area contributed by atoms with E-state index in [1.54, 1.807) is 0 Å². The minimum Gasteiger partial charge on any atom is -0.378 e. The smallest absolute Gasteiger partial charge is 0.315 e. The predicted octanol–water partition coefficient (Wildman–Crippen LogP) is 3.16. The van der Waals surface area contributed by atoms with Crippen LogP contribution in [0.4, 0.5) is 4.79 Å². The summed E-state index contributed by atoms with van der Waals surface area (Å²) >= 11 is 0. The number of urea groups is 1. The van der Waals surface area contributed by atoms with E-state index < -0.39 is 0 Å². The molecule has 2 rings (SSSR count). The van der Waals surface area contributed by atoms with E-state index in [0.29, 0.717) is 19.7 Å². The monoisotopic (exact) mass is 347 g/mol. The lowest BCUT2D eigenvalue weighted by Gasteiger charge is -2.33. The zero-order valence-electron chi connectivity index (χ0n) is 15.5. The van der Waals surface area contributed by atoms with Gasteiger partial charge in [-0.1, -0.05) is 56.5 Å². The summed E-state index contributed by atoms with van der Waals surface area (Å²) in [5.41, 5.74) is 1.09. The van der Waals surface area contributed by atoms with Gasteiger partial charge in [-0.05, 0) is 24.9 Å². The second kappa shape index (κ2) is 11.9. The summed E-state index contributed by atoms with van der Waals surface area (Å²) in [6.07, 6.45) is 6.78. The standard InChI is InChI=1S/C20H33N3O2/c1-2-23(19-11-7-4-8-12-19)14-16-25-15-13-21-20(24)22-17-18-9-5-3-6-10-18/h3,5-6,9-10,19H,2,4,7-8,11-17H2,1H3,(H2,21,22,24). The van der Waals surface area contributed by atoms with Crippen molar-refractivity contribution in [2.75, 3.05) is 32.8 Å². The highest BCUT2D eigenvalue weighted by Crippen LogP contribution is 2.22. The summed E-state index contributed by atoms with van der Waals surface area (Å²) in [4.78, 5) is 14.3. The van der Waals surface area contributed by atoms with Gasteiger partial charge in [0.05, 0.1) is 13.2 Å². The number of nitrogens with one attached hydrogen (secondary N) is 2. The van der Waals surface area contributed by atoms with Crippen molar-refractivity contribution in [2.45, 2.75) is 51.6 Å². The number of hydrogen-bond donors (Lipinski definition) is 2.